The third-order valence-electron chi connectivity index (χ3n) is 1.16. The molecule has 1 aliphatic heterocycles. The van der Waals surface area contributed by atoms with E-state index in [1.807, 2.05) is 6.92 Å². The van der Waals surface area contributed by atoms with Gasteiger partial charge in [-0.3, -0.25) is 0 Å². The summed E-state index contributed by atoms with van der Waals surface area (Å²) in [7, 11) is -3.71. The minimum Gasteiger partial charge on any atom is -0.379 e. The van der Waals surface area contributed by atoms with Crippen molar-refractivity contribution in [1.82, 2.24) is 0 Å². The zero-order valence-electron chi connectivity index (χ0n) is 6.15. The molecule has 0 aliphatic carbocycles. The maximum absolute atomic E-state index is 10.5. The molecule has 1 rings (SSSR count). The summed E-state index contributed by atoms with van der Waals surface area (Å²) in [6.45, 7) is 2.68. The fraction of sp³-hybridized carbons (Fsp3) is 1.00. The largest absolute Gasteiger partial charge is 0.400 e. The molecule has 0 amide bonds. The van der Waals surface area contributed by atoms with E-state index in [-0.39, 0.29) is 13.2 Å². The molecule has 6 heteroatoms. The Bertz CT molecular complexity index is 209. The Labute approximate surface area is 65.6 Å². The second-order valence-electron chi connectivity index (χ2n) is 2.07. The monoisotopic (exact) mass is 182 g/mol. The van der Waals surface area contributed by atoms with Crippen LogP contribution in [0.5, 0.6) is 0 Å². The molecule has 0 spiro atoms. The van der Waals surface area contributed by atoms with E-state index in [9.17, 15) is 8.42 Å². The first kappa shape index (κ1) is 8.92. The van der Waals surface area contributed by atoms with Crippen LogP contribution >= 0.6 is 0 Å². The molecule has 0 saturated carbocycles. The Morgan fingerprint density at radius 3 is 2.82 bits per heavy atom. The van der Waals surface area contributed by atoms with Crippen LogP contribution in [-0.4, -0.2) is 34.3 Å². The molecule has 0 aromatic carbocycles. The first-order valence-electron chi connectivity index (χ1n) is 3.29. The van der Waals surface area contributed by atoms with Crippen molar-refractivity contribution in [3.63, 3.8) is 0 Å². The van der Waals surface area contributed by atoms with Crippen LogP contribution in [0.25, 0.3) is 0 Å². The van der Waals surface area contributed by atoms with E-state index in [1.54, 1.807) is 0 Å². The van der Waals surface area contributed by atoms with Gasteiger partial charge in [0, 0.05) is 6.61 Å². The lowest BCUT2D eigenvalue weighted by atomic mass is 10.4. The van der Waals surface area contributed by atoms with Gasteiger partial charge in [0.05, 0.1) is 13.2 Å². The molecule has 5 nitrogen and oxygen atoms in total. The van der Waals surface area contributed by atoms with Crippen molar-refractivity contribution in [2.24, 2.45) is 0 Å². The van der Waals surface area contributed by atoms with Crippen molar-refractivity contribution < 1.29 is 21.5 Å². The first-order valence-corrected chi connectivity index (χ1v) is 4.63. The van der Waals surface area contributed by atoms with Crippen molar-refractivity contribution in [2.45, 2.75) is 13.0 Å². The summed E-state index contributed by atoms with van der Waals surface area (Å²) >= 11 is 0. The van der Waals surface area contributed by atoms with Crippen LogP contribution in [0.4, 0.5) is 0 Å². The Kier molecular flexibility index (Phi) is 2.83. The summed E-state index contributed by atoms with van der Waals surface area (Å²) in [6, 6.07) is 0. The highest BCUT2D eigenvalue weighted by molar-refractivity contribution is 7.82. The van der Waals surface area contributed by atoms with Crippen LogP contribution in [0.2, 0.25) is 0 Å². The Hall–Kier alpha value is -0.170. The zero-order valence-corrected chi connectivity index (χ0v) is 6.96. The SMILES string of the molecule is CCOCC1COS(=O)(=O)O1. The van der Waals surface area contributed by atoms with E-state index in [4.69, 9.17) is 4.74 Å². The van der Waals surface area contributed by atoms with Gasteiger partial charge in [-0.15, -0.1) is 0 Å². The first-order chi connectivity index (χ1) is 5.14. The summed E-state index contributed by atoms with van der Waals surface area (Å²) in [5, 5.41) is 0. The van der Waals surface area contributed by atoms with Crippen molar-refractivity contribution >= 4 is 10.4 Å². The molecule has 0 aromatic rings. The highest BCUT2D eigenvalue weighted by Gasteiger charge is 2.29. The molecule has 1 saturated heterocycles. The minimum atomic E-state index is -3.71. The quantitative estimate of drug-likeness (QED) is 0.598. The molecule has 1 atom stereocenters. The molecule has 1 fully saturated rings. The second-order valence-corrected chi connectivity index (χ2v) is 3.32. The van der Waals surface area contributed by atoms with Gasteiger partial charge >= 0.3 is 10.4 Å². The highest BCUT2D eigenvalue weighted by Crippen LogP contribution is 2.12. The lowest BCUT2D eigenvalue weighted by Gasteiger charge is -2.03. The number of hydrogen-bond acceptors (Lipinski definition) is 5. The molecule has 11 heavy (non-hydrogen) atoms. The van der Waals surface area contributed by atoms with E-state index < -0.39 is 16.5 Å². The van der Waals surface area contributed by atoms with Crippen molar-refractivity contribution in [3.05, 3.63) is 0 Å². The normalized spacial score (nSPS) is 29.0. The molecule has 66 valence electrons. The summed E-state index contributed by atoms with van der Waals surface area (Å²) in [5.74, 6) is 0. The maximum atomic E-state index is 10.5. The molecule has 1 heterocycles. The maximum Gasteiger partial charge on any atom is 0.400 e. The number of hydrogen-bond donors (Lipinski definition) is 0. The third-order valence-corrected chi connectivity index (χ3v) is 2.09. The topological polar surface area (TPSA) is 61.8 Å². The van der Waals surface area contributed by atoms with Gasteiger partial charge in [-0.25, -0.2) is 8.37 Å². The smallest absolute Gasteiger partial charge is 0.379 e. The predicted molar refractivity (Wildman–Crippen MR) is 36.2 cm³/mol. The lowest BCUT2D eigenvalue weighted by Crippen LogP contribution is -2.17. The van der Waals surface area contributed by atoms with Gasteiger partial charge in [-0.2, -0.15) is 8.42 Å². The Morgan fingerprint density at radius 2 is 2.36 bits per heavy atom. The van der Waals surface area contributed by atoms with E-state index in [1.165, 1.54) is 0 Å². The van der Waals surface area contributed by atoms with Gasteiger partial charge < -0.3 is 4.74 Å². The molecule has 1 aliphatic rings. The molecule has 0 N–H and O–H groups in total. The molecule has 1 unspecified atom stereocenters. The summed E-state index contributed by atoms with van der Waals surface area (Å²) in [6.07, 6.45) is -0.472. The number of rotatable bonds is 3. The van der Waals surface area contributed by atoms with Crippen LogP contribution in [0.15, 0.2) is 0 Å². The van der Waals surface area contributed by atoms with Gasteiger partial charge in [0.2, 0.25) is 0 Å². The average molecular weight is 182 g/mol. The standard InChI is InChI=1S/C5H10O5S/c1-2-8-3-5-4-9-11(6,7)10-5/h5H,2-4H2,1H3. The fourth-order valence-electron chi connectivity index (χ4n) is 0.707. The van der Waals surface area contributed by atoms with Crippen LogP contribution in [0, 0.1) is 0 Å². The third kappa shape index (κ3) is 2.74. The molecular formula is C5H10O5S. The highest BCUT2D eigenvalue weighted by atomic mass is 32.3. The van der Waals surface area contributed by atoms with E-state index in [0.29, 0.717) is 6.61 Å². The molecule has 0 aromatic heterocycles. The van der Waals surface area contributed by atoms with Gasteiger partial charge in [-0.1, -0.05) is 0 Å². The summed E-state index contributed by atoms with van der Waals surface area (Å²) in [4.78, 5) is 0. The van der Waals surface area contributed by atoms with Crippen molar-refractivity contribution in [2.75, 3.05) is 19.8 Å². The molecular weight excluding hydrogens is 172 g/mol. The Balaban J connectivity index is 2.31. The molecule has 0 radical (unpaired) electrons. The average Bonchev–Trinajstić information content (AvgIpc) is 2.26. The van der Waals surface area contributed by atoms with E-state index >= 15 is 0 Å². The predicted octanol–water partition coefficient (Wildman–Crippen LogP) is -0.317. The van der Waals surface area contributed by atoms with E-state index in [0.717, 1.165) is 0 Å². The van der Waals surface area contributed by atoms with Gasteiger partial charge in [-0.05, 0) is 6.92 Å². The van der Waals surface area contributed by atoms with Gasteiger partial charge in [0.25, 0.3) is 0 Å². The fourth-order valence-corrected chi connectivity index (χ4v) is 1.53. The van der Waals surface area contributed by atoms with Crippen LogP contribution in [0.1, 0.15) is 6.92 Å². The lowest BCUT2D eigenvalue weighted by molar-refractivity contribution is 0.0679. The summed E-state index contributed by atoms with van der Waals surface area (Å²) < 4.78 is 34.7. The van der Waals surface area contributed by atoms with Crippen LogP contribution < -0.4 is 0 Å². The van der Waals surface area contributed by atoms with Gasteiger partial charge in [0.15, 0.2) is 0 Å². The van der Waals surface area contributed by atoms with Crippen LogP contribution in [-0.2, 0) is 23.5 Å². The Morgan fingerprint density at radius 1 is 1.64 bits per heavy atom. The van der Waals surface area contributed by atoms with Crippen LogP contribution in [0.3, 0.4) is 0 Å². The zero-order chi connectivity index (χ0) is 8.32. The summed E-state index contributed by atoms with van der Waals surface area (Å²) in [5.41, 5.74) is 0. The molecule has 0 bridgehead atoms. The van der Waals surface area contributed by atoms with Crippen molar-refractivity contribution in [1.29, 1.82) is 0 Å². The van der Waals surface area contributed by atoms with Crippen molar-refractivity contribution in [3.8, 4) is 0 Å². The second kappa shape index (κ2) is 3.48. The number of ether oxygens (including phenoxy) is 1. The minimum absolute atomic E-state index is 0.0579. The van der Waals surface area contributed by atoms with Gasteiger partial charge in [0.1, 0.15) is 6.10 Å². The van der Waals surface area contributed by atoms with E-state index in [2.05, 4.69) is 8.37 Å².